The highest BCUT2D eigenvalue weighted by Crippen LogP contribution is 2.25. The van der Waals surface area contributed by atoms with Gasteiger partial charge in [-0.1, -0.05) is 0 Å². The van der Waals surface area contributed by atoms with E-state index in [2.05, 4.69) is 10.3 Å². The van der Waals surface area contributed by atoms with Gasteiger partial charge in [0.2, 0.25) is 5.91 Å². The molecule has 3 aromatic rings. The summed E-state index contributed by atoms with van der Waals surface area (Å²) in [5.41, 5.74) is 2.50. The maximum Gasteiger partial charge on any atom is 0.262 e. The molecule has 1 N–H and O–H groups in total. The number of hydrogen-bond acceptors (Lipinski definition) is 5. The quantitative estimate of drug-likeness (QED) is 0.781. The molecule has 1 aromatic carbocycles. The molecule has 2 aromatic heterocycles. The van der Waals surface area contributed by atoms with Crippen LogP contribution in [-0.4, -0.2) is 29.6 Å². The van der Waals surface area contributed by atoms with Crippen LogP contribution in [0.1, 0.15) is 10.4 Å². The fraction of sp³-hybridized carbons (Fsp3) is 0.278. The Hall–Kier alpha value is -2.67. The number of thiophene rings is 1. The number of benzene rings is 1. The minimum Gasteiger partial charge on any atom is -0.378 e. The molecule has 0 aliphatic heterocycles. The van der Waals surface area contributed by atoms with Gasteiger partial charge in [-0.25, -0.2) is 4.98 Å². The molecule has 0 saturated heterocycles. The molecule has 7 heteroatoms. The molecule has 3 rings (SSSR count). The van der Waals surface area contributed by atoms with E-state index in [-0.39, 0.29) is 18.0 Å². The lowest BCUT2D eigenvalue weighted by Crippen LogP contribution is -2.27. The molecule has 6 nitrogen and oxygen atoms in total. The number of nitrogens with zero attached hydrogens (tertiary/aromatic N) is 3. The van der Waals surface area contributed by atoms with E-state index in [1.165, 1.54) is 22.2 Å². The third-order valence-corrected chi connectivity index (χ3v) is 5.25. The molecule has 0 unspecified atom stereocenters. The lowest BCUT2D eigenvalue weighted by molar-refractivity contribution is -0.116. The van der Waals surface area contributed by atoms with Crippen molar-refractivity contribution in [2.45, 2.75) is 20.4 Å². The minimum atomic E-state index is -0.259. The summed E-state index contributed by atoms with van der Waals surface area (Å²) in [6.07, 6.45) is 1.44. The molecule has 0 aliphatic rings. The monoisotopic (exact) mass is 356 g/mol. The van der Waals surface area contributed by atoms with Gasteiger partial charge < -0.3 is 10.2 Å². The highest BCUT2D eigenvalue weighted by atomic mass is 32.1. The van der Waals surface area contributed by atoms with Crippen LogP contribution in [0.4, 0.5) is 11.4 Å². The van der Waals surface area contributed by atoms with Crippen molar-refractivity contribution in [2.75, 3.05) is 24.3 Å². The van der Waals surface area contributed by atoms with Crippen molar-refractivity contribution in [1.29, 1.82) is 0 Å². The number of carbonyl (C=O) groups excluding carboxylic acids is 1. The van der Waals surface area contributed by atoms with Crippen molar-refractivity contribution < 1.29 is 4.79 Å². The standard InChI is InChI=1S/C18H20N4O2S/c1-11-12(2)25-17-16(11)18(24)22(10-19-17)9-15(23)20-13-5-7-14(8-6-13)21(3)4/h5-8,10H,9H2,1-4H3,(H,20,23). The second-order valence-corrected chi connectivity index (χ2v) is 7.33. The van der Waals surface area contributed by atoms with Crippen molar-refractivity contribution in [3.63, 3.8) is 0 Å². The summed E-state index contributed by atoms with van der Waals surface area (Å²) in [4.78, 5) is 33.0. The molecule has 0 aliphatic carbocycles. The van der Waals surface area contributed by atoms with Crippen molar-refractivity contribution in [3.05, 3.63) is 51.4 Å². The van der Waals surface area contributed by atoms with Crippen LogP contribution in [0.2, 0.25) is 0 Å². The van der Waals surface area contributed by atoms with E-state index in [0.29, 0.717) is 11.1 Å². The van der Waals surface area contributed by atoms with Crippen LogP contribution in [0.15, 0.2) is 35.4 Å². The Morgan fingerprint density at radius 1 is 1.24 bits per heavy atom. The Kier molecular flexibility index (Phi) is 4.59. The molecule has 0 saturated carbocycles. The van der Waals surface area contributed by atoms with Gasteiger partial charge in [0.15, 0.2) is 0 Å². The van der Waals surface area contributed by atoms with E-state index >= 15 is 0 Å². The molecule has 25 heavy (non-hydrogen) atoms. The number of nitrogens with one attached hydrogen (secondary N) is 1. The SMILES string of the molecule is Cc1sc2ncn(CC(=O)Nc3ccc(N(C)C)cc3)c(=O)c2c1C. The molecule has 0 atom stereocenters. The highest BCUT2D eigenvalue weighted by Gasteiger charge is 2.13. The third kappa shape index (κ3) is 3.41. The first-order chi connectivity index (χ1) is 11.9. The van der Waals surface area contributed by atoms with Gasteiger partial charge in [0.05, 0.1) is 11.7 Å². The first-order valence-corrected chi connectivity index (χ1v) is 8.71. The summed E-state index contributed by atoms with van der Waals surface area (Å²) >= 11 is 1.50. The topological polar surface area (TPSA) is 67.2 Å². The Balaban J connectivity index is 1.79. The zero-order valence-corrected chi connectivity index (χ0v) is 15.5. The van der Waals surface area contributed by atoms with Crippen LogP contribution in [0.3, 0.4) is 0 Å². The second-order valence-electron chi connectivity index (χ2n) is 6.13. The van der Waals surface area contributed by atoms with Crippen molar-refractivity contribution in [2.24, 2.45) is 0 Å². The molecule has 0 radical (unpaired) electrons. The molecule has 1 amide bonds. The number of rotatable bonds is 4. The fourth-order valence-corrected chi connectivity index (χ4v) is 3.57. The number of aryl methyl sites for hydroxylation is 2. The summed E-state index contributed by atoms with van der Waals surface area (Å²) in [5.74, 6) is -0.259. The number of anilines is 2. The molecule has 0 fully saturated rings. The number of fused-ring (bicyclic) bond motifs is 1. The molecular weight excluding hydrogens is 336 g/mol. The fourth-order valence-electron chi connectivity index (χ4n) is 2.58. The summed E-state index contributed by atoms with van der Waals surface area (Å²) in [5, 5.41) is 3.41. The first kappa shape index (κ1) is 17.2. The Morgan fingerprint density at radius 3 is 2.56 bits per heavy atom. The van der Waals surface area contributed by atoms with Gasteiger partial charge in [-0.3, -0.25) is 14.2 Å². The van der Waals surface area contributed by atoms with Gasteiger partial charge in [-0.2, -0.15) is 0 Å². The van der Waals surface area contributed by atoms with E-state index in [1.54, 1.807) is 0 Å². The molecule has 0 spiro atoms. The maximum absolute atomic E-state index is 12.6. The first-order valence-electron chi connectivity index (χ1n) is 7.89. The number of aromatic nitrogens is 2. The summed E-state index contributed by atoms with van der Waals surface area (Å²) in [7, 11) is 3.91. The van der Waals surface area contributed by atoms with Gasteiger partial charge >= 0.3 is 0 Å². The summed E-state index contributed by atoms with van der Waals surface area (Å²) in [6, 6.07) is 7.52. The average molecular weight is 356 g/mol. The number of hydrogen-bond donors (Lipinski definition) is 1. The summed E-state index contributed by atoms with van der Waals surface area (Å²) < 4.78 is 1.35. The van der Waals surface area contributed by atoms with Crippen LogP contribution < -0.4 is 15.8 Å². The van der Waals surface area contributed by atoms with Crippen LogP contribution in [-0.2, 0) is 11.3 Å². The van der Waals surface area contributed by atoms with Gasteiger partial charge in [0.25, 0.3) is 5.56 Å². The minimum absolute atomic E-state index is 0.0639. The predicted molar refractivity (Wildman–Crippen MR) is 103 cm³/mol. The van der Waals surface area contributed by atoms with Gasteiger partial charge in [0.1, 0.15) is 11.4 Å². The Morgan fingerprint density at radius 2 is 1.92 bits per heavy atom. The average Bonchev–Trinajstić information content (AvgIpc) is 2.86. The highest BCUT2D eigenvalue weighted by molar-refractivity contribution is 7.18. The van der Waals surface area contributed by atoms with Crippen molar-refractivity contribution >= 4 is 38.8 Å². The van der Waals surface area contributed by atoms with Crippen molar-refractivity contribution in [1.82, 2.24) is 9.55 Å². The molecule has 2 heterocycles. The predicted octanol–water partition coefficient (Wildman–Crippen LogP) is 2.78. The van der Waals surface area contributed by atoms with E-state index < -0.39 is 0 Å². The normalized spacial score (nSPS) is 10.9. The second kappa shape index (κ2) is 6.68. The van der Waals surface area contributed by atoms with Gasteiger partial charge in [-0.05, 0) is 43.7 Å². The van der Waals surface area contributed by atoms with E-state index in [9.17, 15) is 9.59 Å². The van der Waals surface area contributed by atoms with Gasteiger partial charge in [0, 0.05) is 30.3 Å². The van der Waals surface area contributed by atoms with E-state index in [0.717, 1.165) is 21.0 Å². The van der Waals surface area contributed by atoms with Crippen LogP contribution in [0.25, 0.3) is 10.2 Å². The zero-order valence-electron chi connectivity index (χ0n) is 14.7. The number of carbonyl (C=O) groups is 1. The van der Waals surface area contributed by atoms with E-state index in [4.69, 9.17) is 0 Å². The van der Waals surface area contributed by atoms with Crippen molar-refractivity contribution in [3.8, 4) is 0 Å². The molecular formula is C18H20N4O2S. The lowest BCUT2D eigenvalue weighted by atomic mass is 10.2. The molecule has 130 valence electrons. The van der Waals surface area contributed by atoms with Crippen LogP contribution in [0.5, 0.6) is 0 Å². The third-order valence-electron chi connectivity index (χ3n) is 4.14. The van der Waals surface area contributed by atoms with Crippen LogP contribution >= 0.6 is 11.3 Å². The summed E-state index contributed by atoms with van der Waals surface area (Å²) in [6.45, 7) is 3.81. The molecule has 0 bridgehead atoms. The van der Waals surface area contributed by atoms with Crippen LogP contribution in [0, 0.1) is 13.8 Å². The Labute approximate surface area is 149 Å². The lowest BCUT2D eigenvalue weighted by Gasteiger charge is -2.13. The zero-order chi connectivity index (χ0) is 18.1. The smallest absolute Gasteiger partial charge is 0.262 e. The largest absolute Gasteiger partial charge is 0.378 e. The van der Waals surface area contributed by atoms with E-state index in [1.807, 2.05) is 57.1 Å². The van der Waals surface area contributed by atoms with Gasteiger partial charge in [-0.15, -0.1) is 11.3 Å². The number of amides is 1. The maximum atomic E-state index is 12.6. The Bertz CT molecular complexity index is 987.